The number of ether oxygens (including phenoxy) is 1. The van der Waals surface area contributed by atoms with E-state index in [1.807, 2.05) is 0 Å². The molecule has 1 aromatic carbocycles. The number of nitrogens with two attached hydrogens (primary N) is 1. The number of rotatable bonds is 3. The van der Waals surface area contributed by atoms with E-state index in [1.54, 1.807) is 13.8 Å². The minimum atomic E-state index is -4.59. The second-order valence-corrected chi connectivity index (χ2v) is 5.33. The van der Waals surface area contributed by atoms with Gasteiger partial charge < -0.3 is 10.1 Å². The lowest BCUT2D eigenvalue weighted by Gasteiger charge is -2.21. The summed E-state index contributed by atoms with van der Waals surface area (Å²) in [6.07, 6.45) is -4.90. The molecule has 9 heteroatoms. The van der Waals surface area contributed by atoms with Crippen molar-refractivity contribution in [3.8, 4) is 5.75 Å². The first kappa shape index (κ1) is 17.8. The average Bonchev–Trinajstić information content (AvgIpc) is 2.30. The van der Waals surface area contributed by atoms with Gasteiger partial charge in [-0.2, -0.15) is 13.2 Å². The summed E-state index contributed by atoms with van der Waals surface area (Å²) in [5.74, 6) is 5.32. The first-order valence-electron chi connectivity index (χ1n) is 5.89. The van der Waals surface area contributed by atoms with Crippen molar-refractivity contribution in [1.29, 1.82) is 0 Å². The SMILES string of the molecule is CC(C)Oc1cc(C(F)(F)F)c(NC(=S)N(C)N)cc1Cl. The molecule has 1 rings (SSSR count). The number of halogens is 4. The van der Waals surface area contributed by atoms with Crippen LogP contribution in [0.5, 0.6) is 5.75 Å². The second kappa shape index (κ2) is 6.67. The van der Waals surface area contributed by atoms with Crippen LogP contribution in [0.2, 0.25) is 5.02 Å². The van der Waals surface area contributed by atoms with E-state index in [2.05, 4.69) is 5.32 Å². The van der Waals surface area contributed by atoms with E-state index in [1.165, 1.54) is 7.05 Å². The summed E-state index contributed by atoms with van der Waals surface area (Å²) in [4.78, 5) is 0. The van der Waals surface area contributed by atoms with Crippen molar-refractivity contribution >= 4 is 34.6 Å². The summed E-state index contributed by atoms with van der Waals surface area (Å²) >= 11 is 10.8. The lowest BCUT2D eigenvalue weighted by Crippen LogP contribution is -2.37. The van der Waals surface area contributed by atoms with E-state index in [0.717, 1.165) is 17.1 Å². The molecule has 118 valence electrons. The molecule has 0 amide bonds. The van der Waals surface area contributed by atoms with Crippen molar-refractivity contribution in [2.45, 2.75) is 26.1 Å². The summed E-state index contributed by atoms with van der Waals surface area (Å²) in [5.41, 5.74) is -1.22. The highest BCUT2D eigenvalue weighted by molar-refractivity contribution is 7.80. The summed E-state index contributed by atoms with van der Waals surface area (Å²) in [6.45, 7) is 3.38. The molecule has 3 N–H and O–H groups in total. The van der Waals surface area contributed by atoms with Crippen LogP contribution < -0.4 is 15.9 Å². The molecule has 0 aliphatic carbocycles. The van der Waals surface area contributed by atoms with Gasteiger partial charge in [-0.1, -0.05) is 11.6 Å². The van der Waals surface area contributed by atoms with Crippen LogP contribution in [-0.2, 0) is 6.18 Å². The molecule has 0 heterocycles. The predicted molar refractivity (Wildman–Crippen MR) is 80.4 cm³/mol. The highest BCUT2D eigenvalue weighted by atomic mass is 35.5. The van der Waals surface area contributed by atoms with Gasteiger partial charge in [0, 0.05) is 7.05 Å². The molecule has 0 fully saturated rings. The van der Waals surface area contributed by atoms with Gasteiger partial charge in [-0.05, 0) is 38.2 Å². The Morgan fingerprint density at radius 2 is 2.00 bits per heavy atom. The number of benzene rings is 1. The molecule has 0 unspecified atom stereocenters. The summed E-state index contributed by atoms with van der Waals surface area (Å²) in [6, 6.07) is 1.95. The number of hydrogen-bond donors (Lipinski definition) is 2. The molecule has 0 spiro atoms. The zero-order valence-corrected chi connectivity index (χ0v) is 13.2. The predicted octanol–water partition coefficient (Wildman–Crippen LogP) is 3.65. The van der Waals surface area contributed by atoms with E-state index < -0.39 is 11.7 Å². The maximum atomic E-state index is 13.1. The lowest BCUT2D eigenvalue weighted by molar-refractivity contribution is -0.137. The van der Waals surface area contributed by atoms with Crippen molar-refractivity contribution in [1.82, 2.24) is 5.01 Å². The molecule has 21 heavy (non-hydrogen) atoms. The van der Waals surface area contributed by atoms with Crippen LogP contribution in [0, 0.1) is 0 Å². The van der Waals surface area contributed by atoms with Gasteiger partial charge in [0.1, 0.15) is 5.75 Å². The quantitative estimate of drug-likeness (QED) is 0.499. The standard InChI is InChI=1S/C12H15ClF3N3OS/c1-6(2)20-10-4-7(12(14,15)16)9(5-8(10)13)18-11(21)19(3)17/h4-6H,17H2,1-3H3,(H,18,21). The van der Waals surface area contributed by atoms with Gasteiger partial charge in [-0.15, -0.1) is 0 Å². The van der Waals surface area contributed by atoms with E-state index >= 15 is 0 Å². The number of anilines is 1. The zero-order valence-electron chi connectivity index (χ0n) is 11.6. The smallest absolute Gasteiger partial charge is 0.418 e. The number of thiocarbonyl (C=S) groups is 1. The third-order valence-corrected chi connectivity index (χ3v) is 2.99. The molecule has 0 atom stereocenters. The van der Waals surface area contributed by atoms with Crippen LogP contribution in [0.3, 0.4) is 0 Å². The fourth-order valence-corrected chi connectivity index (χ4v) is 1.76. The van der Waals surface area contributed by atoms with Gasteiger partial charge in [0.25, 0.3) is 0 Å². The molecule has 0 aliphatic heterocycles. The lowest BCUT2D eigenvalue weighted by atomic mass is 10.1. The van der Waals surface area contributed by atoms with E-state index in [0.29, 0.717) is 0 Å². The Morgan fingerprint density at radius 3 is 2.43 bits per heavy atom. The van der Waals surface area contributed by atoms with Crippen LogP contribution in [0.1, 0.15) is 19.4 Å². The maximum Gasteiger partial charge on any atom is 0.418 e. The fourth-order valence-electron chi connectivity index (χ4n) is 1.44. The van der Waals surface area contributed by atoms with Crippen LogP contribution in [0.4, 0.5) is 18.9 Å². The topological polar surface area (TPSA) is 50.5 Å². The molecule has 4 nitrogen and oxygen atoms in total. The van der Waals surface area contributed by atoms with Gasteiger partial charge in [0.15, 0.2) is 5.11 Å². The Balaban J connectivity index is 3.29. The Kier molecular flexibility index (Phi) is 5.66. The Bertz CT molecular complexity index is 535. The Morgan fingerprint density at radius 1 is 1.43 bits per heavy atom. The number of nitrogens with one attached hydrogen (secondary N) is 1. The molecule has 0 saturated heterocycles. The van der Waals surface area contributed by atoms with Crippen LogP contribution in [-0.4, -0.2) is 23.3 Å². The van der Waals surface area contributed by atoms with Crippen LogP contribution in [0.15, 0.2) is 12.1 Å². The summed E-state index contributed by atoms with van der Waals surface area (Å²) in [5, 5.41) is 3.37. The first-order chi connectivity index (χ1) is 9.52. The van der Waals surface area contributed by atoms with Crippen molar-refractivity contribution in [2.24, 2.45) is 5.84 Å². The first-order valence-corrected chi connectivity index (χ1v) is 6.67. The fraction of sp³-hybridized carbons (Fsp3) is 0.417. The normalized spacial score (nSPS) is 11.5. The zero-order chi connectivity index (χ0) is 16.4. The maximum absolute atomic E-state index is 13.1. The van der Waals surface area contributed by atoms with E-state index in [4.69, 9.17) is 34.4 Å². The van der Waals surface area contributed by atoms with E-state index in [9.17, 15) is 13.2 Å². The average molecular weight is 342 g/mol. The third kappa shape index (κ3) is 4.90. The second-order valence-electron chi connectivity index (χ2n) is 4.53. The largest absolute Gasteiger partial charge is 0.489 e. The number of alkyl halides is 3. The molecular weight excluding hydrogens is 327 g/mol. The van der Waals surface area contributed by atoms with Crippen molar-refractivity contribution < 1.29 is 17.9 Å². The molecule has 1 aromatic rings. The summed E-state index contributed by atoms with van der Waals surface area (Å²) in [7, 11) is 1.40. The monoisotopic (exact) mass is 341 g/mol. The van der Waals surface area contributed by atoms with Crippen molar-refractivity contribution in [3.63, 3.8) is 0 Å². The molecule has 0 aromatic heterocycles. The highest BCUT2D eigenvalue weighted by Crippen LogP contribution is 2.40. The van der Waals surface area contributed by atoms with Crippen LogP contribution >= 0.6 is 23.8 Å². The highest BCUT2D eigenvalue weighted by Gasteiger charge is 2.35. The van der Waals surface area contributed by atoms with Gasteiger partial charge >= 0.3 is 6.18 Å². The molecule has 0 aliphatic rings. The minimum absolute atomic E-state index is 0.0432. The molecular formula is C12H15ClF3N3OS. The molecule has 0 radical (unpaired) electrons. The number of hydrazine groups is 1. The Labute approximate surface area is 131 Å². The Hall–Kier alpha value is -1.25. The number of hydrogen-bond acceptors (Lipinski definition) is 3. The number of nitrogens with zero attached hydrogens (tertiary/aromatic N) is 1. The summed E-state index contributed by atoms with van der Waals surface area (Å²) < 4.78 is 44.6. The minimum Gasteiger partial charge on any atom is -0.489 e. The van der Waals surface area contributed by atoms with E-state index in [-0.39, 0.29) is 27.7 Å². The van der Waals surface area contributed by atoms with Crippen LogP contribution in [0.25, 0.3) is 0 Å². The molecule has 0 saturated carbocycles. The van der Waals surface area contributed by atoms with Gasteiger partial charge in [-0.3, -0.25) is 5.01 Å². The van der Waals surface area contributed by atoms with Crippen molar-refractivity contribution in [3.05, 3.63) is 22.7 Å². The van der Waals surface area contributed by atoms with Gasteiger partial charge in [0.2, 0.25) is 0 Å². The van der Waals surface area contributed by atoms with Crippen molar-refractivity contribution in [2.75, 3.05) is 12.4 Å². The van der Waals surface area contributed by atoms with Gasteiger partial charge in [-0.25, -0.2) is 5.84 Å². The van der Waals surface area contributed by atoms with Gasteiger partial charge in [0.05, 0.1) is 22.4 Å². The third-order valence-electron chi connectivity index (χ3n) is 2.30. The molecule has 0 bridgehead atoms.